The third-order valence-corrected chi connectivity index (χ3v) is 7.01. The minimum absolute atomic E-state index is 0.602. The van der Waals surface area contributed by atoms with Crippen LogP contribution in [0.15, 0.2) is 0 Å². The lowest BCUT2D eigenvalue weighted by Crippen LogP contribution is -2.37. The van der Waals surface area contributed by atoms with Gasteiger partial charge in [0, 0.05) is 0 Å². The maximum Gasteiger partial charge on any atom is -0.0187 e. The zero-order valence-electron chi connectivity index (χ0n) is 10.2. The molecule has 3 rings (SSSR count). The molecule has 0 aliphatic heterocycles. The Hall–Kier alpha value is 0. The molecule has 80 valence electrons. The van der Waals surface area contributed by atoms with E-state index in [-0.39, 0.29) is 0 Å². The highest BCUT2D eigenvalue weighted by Gasteiger charge is 2.77. The molecule has 1 spiro atoms. The fraction of sp³-hybridized carbons (Fsp3) is 1.00. The average molecular weight is 192 g/mol. The van der Waals surface area contributed by atoms with Crippen LogP contribution in [0.25, 0.3) is 0 Å². The van der Waals surface area contributed by atoms with Gasteiger partial charge in [-0.2, -0.15) is 0 Å². The number of hydrogen-bond donors (Lipinski definition) is 0. The summed E-state index contributed by atoms with van der Waals surface area (Å²) in [5, 5.41) is 0. The summed E-state index contributed by atoms with van der Waals surface area (Å²) in [5.74, 6) is 0. The molecule has 3 aliphatic carbocycles. The lowest BCUT2D eigenvalue weighted by atomic mass is 9.61. The van der Waals surface area contributed by atoms with Gasteiger partial charge in [0.25, 0.3) is 0 Å². The van der Waals surface area contributed by atoms with Crippen LogP contribution in [0.1, 0.15) is 66.2 Å². The Bertz CT molecular complexity index is 284. The Labute approximate surface area is 88.5 Å². The van der Waals surface area contributed by atoms with Crippen molar-refractivity contribution in [3.05, 3.63) is 0 Å². The highest BCUT2D eigenvalue weighted by molar-refractivity contribution is 5.26. The van der Waals surface area contributed by atoms with Crippen molar-refractivity contribution in [1.29, 1.82) is 0 Å². The predicted molar refractivity (Wildman–Crippen MR) is 60.1 cm³/mol. The molecule has 0 aromatic heterocycles. The smallest absolute Gasteiger partial charge is 0.0187 e. The van der Waals surface area contributed by atoms with Gasteiger partial charge < -0.3 is 0 Å². The second-order valence-corrected chi connectivity index (χ2v) is 7.08. The normalized spacial score (nSPS) is 51.4. The summed E-state index contributed by atoms with van der Waals surface area (Å²) in [6, 6.07) is 0. The lowest BCUT2D eigenvalue weighted by molar-refractivity contribution is 0.0465. The van der Waals surface area contributed by atoms with Crippen LogP contribution in [-0.4, -0.2) is 0 Å². The van der Waals surface area contributed by atoms with Gasteiger partial charge in [0.1, 0.15) is 0 Å². The largest absolute Gasteiger partial charge is 0.0648 e. The molecule has 3 saturated carbocycles. The van der Waals surface area contributed by atoms with Crippen LogP contribution >= 0.6 is 0 Å². The van der Waals surface area contributed by atoms with Crippen molar-refractivity contribution in [2.75, 3.05) is 0 Å². The van der Waals surface area contributed by atoms with E-state index in [4.69, 9.17) is 0 Å². The zero-order chi connectivity index (χ0) is 10.2. The van der Waals surface area contributed by atoms with Gasteiger partial charge in [-0.1, -0.05) is 27.7 Å². The standard InChI is InChI=1S/C14H24/c1-5-14-9-6-12(4,11(14,2)3)10-13(14)7-8-13/h5-10H2,1-4H3. The van der Waals surface area contributed by atoms with Crippen molar-refractivity contribution >= 4 is 0 Å². The Morgan fingerprint density at radius 1 is 0.929 bits per heavy atom. The molecule has 2 atom stereocenters. The third-order valence-electron chi connectivity index (χ3n) is 7.01. The monoisotopic (exact) mass is 192 g/mol. The van der Waals surface area contributed by atoms with E-state index in [1.165, 1.54) is 19.3 Å². The van der Waals surface area contributed by atoms with E-state index in [9.17, 15) is 0 Å². The molecule has 0 radical (unpaired) electrons. The number of fused-ring (bicyclic) bond motifs is 3. The molecular formula is C14H24. The Morgan fingerprint density at radius 2 is 1.57 bits per heavy atom. The minimum atomic E-state index is 0.602. The van der Waals surface area contributed by atoms with Crippen LogP contribution < -0.4 is 0 Å². The molecular weight excluding hydrogens is 168 g/mol. The van der Waals surface area contributed by atoms with Crippen LogP contribution in [0, 0.1) is 21.7 Å². The summed E-state index contributed by atoms with van der Waals surface area (Å²) in [6.45, 7) is 10.1. The van der Waals surface area contributed by atoms with Crippen molar-refractivity contribution < 1.29 is 0 Å². The Kier molecular flexibility index (Phi) is 1.37. The van der Waals surface area contributed by atoms with Crippen molar-refractivity contribution in [1.82, 2.24) is 0 Å². The fourth-order valence-corrected chi connectivity index (χ4v) is 5.65. The summed E-state index contributed by atoms with van der Waals surface area (Å²) in [4.78, 5) is 0. The maximum absolute atomic E-state index is 2.57. The van der Waals surface area contributed by atoms with Gasteiger partial charge in [-0.15, -0.1) is 0 Å². The molecule has 3 fully saturated rings. The molecule has 0 nitrogen and oxygen atoms in total. The molecule has 2 bridgehead atoms. The van der Waals surface area contributed by atoms with Crippen molar-refractivity contribution in [2.24, 2.45) is 21.7 Å². The summed E-state index contributed by atoms with van der Waals surface area (Å²) < 4.78 is 0. The Morgan fingerprint density at radius 3 is 1.93 bits per heavy atom. The molecule has 0 aromatic rings. The van der Waals surface area contributed by atoms with Crippen LogP contribution in [0.3, 0.4) is 0 Å². The topological polar surface area (TPSA) is 0 Å². The highest BCUT2D eigenvalue weighted by Crippen LogP contribution is 2.86. The van der Waals surface area contributed by atoms with E-state index in [2.05, 4.69) is 27.7 Å². The second-order valence-electron chi connectivity index (χ2n) is 7.08. The molecule has 0 heteroatoms. The van der Waals surface area contributed by atoms with Gasteiger partial charge in [0.15, 0.2) is 0 Å². The van der Waals surface area contributed by atoms with E-state index in [0.717, 1.165) is 10.8 Å². The fourth-order valence-electron chi connectivity index (χ4n) is 5.65. The highest BCUT2D eigenvalue weighted by atomic mass is 14.8. The molecule has 0 N–H and O–H groups in total. The molecule has 0 aromatic carbocycles. The first-order chi connectivity index (χ1) is 6.43. The summed E-state index contributed by atoms with van der Waals surface area (Å²) >= 11 is 0. The molecule has 0 amide bonds. The molecule has 3 aliphatic rings. The van der Waals surface area contributed by atoms with E-state index < -0.39 is 0 Å². The SMILES string of the molecule is CCC12CCC(C)(CC13CC3)C2(C)C. The van der Waals surface area contributed by atoms with Crippen LogP contribution in [0.2, 0.25) is 0 Å². The first-order valence-electron chi connectivity index (χ1n) is 6.43. The summed E-state index contributed by atoms with van der Waals surface area (Å²) in [5.41, 5.74) is 2.79. The lowest BCUT2D eigenvalue weighted by Gasteiger charge is -2.43. The van der Waals surface area contributed by atoms with Gasteiger partial charge in [-0.25, -0.2) is 0 Å². The molecule has 0 saturated heterocycles. The van der Waals surface area contributed by atoms with Crippen molar-refractivity contribution in [3.63, 3.8) is 0 Å². The quantitative estimate of drug-likeness (QED) is 0.578. The molecule has 0 heterocycles. The third kappa shape index (κ3) is 0.630. The van der Waals surface area contributed by atoms with Gasteiger partial charge in [-0.05, 0) is 60.2 Å². The second kappa shape index (κ2) is 2.08. The van der Waals surface area contributed by atoms with E-state index in [0.29, 0.717) is 10.8 Å². The predicted octanol–water partition coefficient (Wildman–Crippen LogP) is 4.39. The van der Waals surface area contributed by atoms with Gasteiger partial charge in [-0.3, -0.25) is 0 Å². The van der Waals surface area contributed by atoms with E-state index >= 15 is 0 Å². The summed E-state index contributed by atoms with van der Waals surface area (Å²) in [7, 11) is 0. The van der Waals surface area contributed by atoms with Gasteiger partial charge >= 0.3 is 0 Å². The van der Waals surface area contributed by atoms with Crippen LogP contribution in [-0.2, 0) is 0 Å². The number of hydrogen-bond acceptors (Lipinski definition) is 0. The van der Waals surface area contributed by atoms with Crippen LogP contribution in [0.4, 0.5) is 0 Å². The average Bonchev–Trinajstić information content (AvgIpc) is 2.79. The number of rotatable bonds is 1. The zero-order valence-corrected chi connectivity index (χ0v) is 10.2. The molecule has 2 unspecified atom stereocenters. The summed E-state index contributed by atoms with van der Waals surface area (Å²) in [6.07, 6.45) is 9.07. The Balaban J connectivity index is 2.16. The maximum atomic E-state index is 2.57. The minimum Gasteiger partial charge on any atom is -0.0648 e. The van der Waals surface area contributed by atoms with E-state index in [1.54, 1.807) is 19.3 Å². The first kappa shape index (κ1) is 9.24. The van der Waals surface area contributed by atoms with Crippen molar-refractivity contribution in [2.45, 2.75) is 66.2 Å². The molecule has 14 heavy (non-hydrogen) atoms. The van der Waals surface area contributed by atoms with Crippen molar-refractivity contribution in [3.8, 4) is 0 Å². The first-order valence-corrected chi connectivity index (χ1v) is 6.43. The van der Waals surface area contributed by atoms with Gasteiger partial charge in [0.05, 0.1) is 0 Å². The van der Waals surface area contributed by atoms with Crippen LogP contribution in [0.5, 0.6) is 0 Å². The van der Waals surface area contributed by atoms with Gasteiger partial charge in [0.2, 0.25) is 0 Å². The van der Waals surface area contributed by atoms with E-state index in [1.807, 2.05) is 0 Å².